The first-order valence-electron chi connectivity index (χ1n) is 10.8. The maximum absolute atomic E-state index is 6.65. The summed E-state index contributed by atoms with van der Waals surface area (Å²) in [6, 6.07) is 4.11. The van der Waals surface area contributed by atoms with Gasteiger partial charge in [0.2, 0.25) is 5.95 Å². The average molecular weight is 449 g/mol. The highest BCUT2D eigenvalue weighted by molar-refractivity contribution is 7.98. The molecule has 1 aliphatic rings. The molecule has 0 saturated heterocycles. The molecule has 0 amide bonds. The number of rotatable bonds is 11. The Bertz CT molecular complexity index is 797. The summed E-state index contributed by atoms with van der Waals surface area (Å²) in [4.78, 5) is 11.3. The zero-order valence-electron chi connectivity index (χ0n) is 18.3. The van der Waals surface area contributed by atoms with Crippen molar-refractivity contribution in [2.24, 2.45) is 5.92 Å². The third-order valence-electron chi connectivity index (χ3n) is 5.69. The Morgan fingerprint density at radius 3 is 2.63 bits per heavy atom. The van der Waals surface area contributed by atoms with Crippen LogP contribution < -0.4 is 15.0 Å². The van der Waals surface area contributed by atoms with Gasteiger partial charge in [-0.1, -0.05) is 30.5 Å². The van der Waals surface area contributed by atoms with Gasteiger partial charge in [0.05, 0.1) is 19.0 Å². The van der Waals surface area contributed by atoms with Gasteiger partial charge in [-0.25, -0.2) is 9.97 Å². The minimum absolute atomic E-state index is 0.578. The highest BCUT2D eigenvalue weighted by Gasteiger charge is 2.22. The number of thioether (sulfide) groups is 1. The summed E-state index contributed by atoms with van der Waals surface area (Å²) in [7, 11) is 0. The predicted octanol–water partition coefficient (Wildman–Crippen LogP) is 5.81. The summed E-state index contributed by atoms with van der Waals surface area (Å²) in [5.41, 5.74) is 3.62. The lowest BCUT2D eigenvalue weighted by atomic mass is 10.0. The van der Waals surface area contributed by atoms with E-state index in [1.807, 2.05) is 6.07 Å². The van der Waals surface area contributed by atoms with Gasteiger partial charge in [0, 0.05) is 41.7 Å². The number of hydrogen-bond acceptors (Lipinski definition) is 6. The van der Waals surface area contributed by atoms with Crippen LogP contribution in [0.4, 0.5) is 11.6 Å². The number of aromatic nitrogens is 2. The van der Waals surface area contributed by atoms with Crippen molar-refractivity contribution in [3.63, 3.8) is 0 Å². The van der Waals surface area contributed by atoms with Gasteiger partial charge in [-0.2, -0.15) is 11.8 Å². The van der Waals surface area contributed by atoms with Crippen LogP contribution in [0, 0.1) is 12.8 Å². The third kappa shape index (κ3) is 6.17. The molecule has 1 N–H and O–H groups in total. The van der Waals surface area contributed by atoms with Gasteiger partial charge >= 0.3 is 0 Å². The molecule has 0 bridgehead atoms. The number of hydrogen-bond donors (Lipinski definition) is 1. The summed E-state index contributed by atoms with van der Waals surface area (Å²) >= 11 is 8.40. The van der Waals surface area contributed by atoms with E-state index in [0.717, 1.165) is 35.3 Å². The van der Waals surface area contributed by atoms with Crippen LogP contribution in [-0.2, 0) is 6.54 Å². The molecule has 1 aliphatic carbocycles. The van der Waals surface area contributed by atoms with Crippen molar-refractivity contribution in [1.82, 2.24) is 9.97 Å². The summed E-state index contributed by atoms with van der Waals surface area (Å²) in [6.07, 6.45) is 10.9. The van der Waals surface area contributed by atoms with Crippen LogP contribution in [0.15, 0.2) is 24.5 Å². The van der Waals surface area contributed by atoms with Gasteiger partial charge in [0.1, 0.15) is 0 Å². The zero-order chi connectivity index (χ0) is 21.3. The molecule has 5 nitrogen and oxygen atoms in total. The second-order valence-electron chi connectivity index (χ2n) is 7.82. The van der Waals surface area contributed by atoms with E-state index in [4.69, 9.17) is 16.3 Å². The van der Waals surface area contributed by atoms with Crippen LogP contribution >= 0.6 is 23.4 Å². The minimum Gasteiger partial charge on any atom is -0.489 e. The summed E-state index contributed by atoms with van der Waals surface area (Å²) in [5, 5.41) is 4.13. The molecule has 0 unspecified atom stereocenters. The Morgan fingerprint density at radius 1 is 1.23 bits per heavy atom. The van der Waals surface area contributed by atoms with Crippen molar-refractivity contribution >= 4 is 35.0 Å². The van der Waals surface area contributed by atoms with Crippen LogP contribution in [0.1, 0.15) is 43.7 Å². The second kappa shape index (κ2) is 11.7. The van der Waals surface area contributed by atoms with Crippen molar-refractivity contribution in [2.75, 3.05) is 41.9 Å². The number of halogens is 1. The molecular formula is C23H33ClN4OS. The van der Waals surface area contributed by atoms with Gasteiger partial charge in [-0.05, 0) is 50.5 Å². The molecule has 0 spiro atoms. The summed E-state index contributed by atoms with van der Waals surface area (Å²) in [6.45, 7) is 7.72. The molecule has 3 rings (SSSR count). The first-order chi connectivity index (χ1) is 14.6. The summed E-state index contributed by atoms with van der Waals surface area (Å²) in [5.74, 6) is 3.00. The fraction of sp³-hybridized carbons (Fsp3) is 0.565. The molecule has 1 fully saturated rings. The standard InChI is InChI=1S/C23H33ClN4OS/c1-4-28(16-18-7-5-6-8-18)22-17(2)9-10-21(24)20(22)15-27-23-25-13-19(14-26-23)29-11-12-30-3/h9-10,13-14,18H,4-8,11-12,15-16H2,1-3H3,(H,25,26,27). The fourth-order valence-electron chi connectivity index (χ4n) is 4.11. The fourth-order valence-corrected chi connectivity index (χ4v) is 4.58. The van der Waals surface area contributed by atoms with Gasteiger partial charge in [-0.3, -0.25) is 0 Å². The highest BCUT2D eigenvalue weighted by atomic mass is 35.5. The number of anilines is 2. The molecule has 1 aromatic heterocycles. The van der Waals surface area contributed by atoms with E-state index in [1.54, 1.807) is 24.2 Å². The van der Waals surface area contributed by atoms with Crippen LogP contribution in [-0.4, -0.2) is 41.7 Å². The first kappa shape index (κ1) is 23.0. The molecule has 0 aliphatic heterocycles. The monoisotopic (exact) mass is 448 g/mol. The zero-order valence-corrected chi connectivity index (χ0v) is 19.9. The van der Waals surface area contributed by atoms with Crippen LogP contribution in [0.3, 0.4) is 0 Å². The topological polar surface area (TPSA) is 50.3 Å². The Hall–Kier alpha value is -1.66. The first-order valence-corrected chi connectivity index (χ1v) is 12.6. The van der Waals surface area contributed by atoms with Crippen LogP contribution in [0.5, 0.6) is 5.75 Å². The number of aryl methyl sites for hydroxylation is 1. The minimum atomic E-state index is 0.578. The van der Waals surface area contributed by atoms with E-state index in [1.165, 1.54) is 36.9 Å². The van der Waals surface area contributed by atoms with Crippen molar-refractivity contribution in [3.8, 4) is 5.75 Å². The van der Waals surface area contributed by atoms with Crippen molar-refractivity contribution in [3.05, 3.63) is 40.7 Å². The van der Waals surface area contributed by atoms with Gasteiger partial charge in [0.15, 0.2) is 5.75 Å². The Morgan fingerprint density at radius 2 is 1.97 bits per heavy atom. The van der Waals surface area contributed by atoms with E-state index in [-0.39, 0.29) is 0 Å². The lowest BCUT2D eigenvalue weighted by Gasteiger charge is -2.30. The van der Waals surface area contributed by atoms with Crippen LogP contribution in [0.25, 0.3) is 0 Å². The van der Waals surface area contributed by atoms with Crippen molar-refractivity contribution in [1.29, 1.82) is 0 Å². The maximum atomic E-state index is 6.65. The lowest BCUT2D eigenvalue weighted by Crippen LogP contribution is -2.30. The Kier molecular flexibility index (Phi) is 8.94. The smallest absolute Gasteiger partial charge is 0.223 e. The number of benzene rings is 1. The number of nitrogens with zero attached hydrogens (tertiary/aromatic N) is 3. The average Bonchev–Trinajstić information content (AvgIpc) is 3.27. The SMILES string of the molecule is CCN(CC1CCCC1)c1c(C)ccc(Cl)c1CNc1ncc(OCCSC)cn1. The van der Waals surface area contributed by atoms with Gasteiger partial charge in [0.25, 0.3) is 0 Å². The number of nitrogens with one attached hydrogen (secondary N) is 1. The van der Waals surface area contributed by atoms with Gasteiger partial charge < -0.3 is 15.0 Å². The van der Waals surface area contributed by atoms with Crippen molar-refractivity contribution < 1.29 is 4.74 Å². The molecule has 2 aromatic rings. The highest BCUT2D eigenvalue weighted by Crippen LogP contribution is 2.34. The molecule has 164 valence electrons. The second-order valence-corrected chi connectivity index (χ2v) is 9.21. The van der Waals surface area contributed by atoms with E-state index in [9.17, 15) is 0 Å². The molecule has 7 heteroatoms. The molecule has 1 aromatic carbocycles. The van der Waals surface area contributed by atoms with Gasteiger partial charge in [-0.15, -0.1) is 0 Å². The number of ether oxygens (including phenoxy) is 1. The molecule has 1 heterocycles. The molecular weight excluding hydrogens is 416 g/mol. The lowest BCUT2D eigenvalue weighted by molar-refractivity contribution is 0.341. The quantitative estimate of drug-likeness (QED) is 0.438. The summed E-state index contributed by atoms with van der Waals surface area (Å²) < 4.78 is 5.63. The molecule has 0 atom stereocenters. The predicted molar refractivity (Wildman–Crippen MR) is 129 cm³/mol. The molecule has 30 heavy (non-hydrogen) atoms. The molecule has 1 saturated carbocycles. The van der Waals surface area contributed by atoms with E-state index < -0.39 is 0 Å². The van der Waals surface area contributed by atoms with Crippen molar-refractivity contribution in [2.45, 2.75) is 46.1 Å². The Labute approximate surface area is 190 Å². The van der Waals surface area contributed by atoms with E-state index in [0.29, 0.717) is 24.8 Å². The van der Waals surface area contributed by atoms with Crippen LogP contribution in [0.2, 0.25) is 5.02 Å². The normalized spacial score (nSPS) is 14.1. The van der Waals surface area contributed by atoms with E-state index in [2.05, 4.69) is 46.4 Å². The van der Waals surface area contributed by atoms with E-state index >= 15 is 0 Å². The maximum Gasteiger partial charge on any atom is 0.223 e. The largest absolute Gasteiger partial charge is 0.489 e. The molecule has 0 radical (unpaired) electrons. The third-order valence-corrected chi connectivity index (χ3v) is 6.62. The Balaban J connectivity index is 1.71.